The van der Waals surface area contributed by atoms with Crippen molar-refractivity contribution < 1.29 is 4.52 Å². The van der Waals surface area contributed by atoms with Crippen LogP contribution >= 0.6 is 0 Å². The monoisotopic (exact) mass is 273 g/mol. The van der Waals surface area contributed by atoms with Gasteiger partial charge in [0.15, 0.2) is 0 Å². The highest BCUT2D eigenvalue weighted by atomic mass is 16.5. The van der Waals surface area contributed by atoms with E-state index < -0.39 is 0 Å². The molecular weight excluding hydrogens is 246 g/mol. The number of unbranched alkanes of at least 4 members (excludes halogenated alkanes) is 6. The summed E-state index contributed by atoms with van der Waals surface area (Å²) < 4.78 is 4.72. The Labute approximate surface area is 123 Å². The van der Waals surface area contributed by atoms with Crippen LogP contribution in [0.3, 0.4) is 0 Å². The van der Waals surface area contributed by atoms with Crippen molar-refractivity contribution in [1.82, 2.24) is 5.16 Å². The van der Waals surface area contributed by atoms with Crippen LogP contribution in [0, 0.1) is 0 Å². The van der Waals surface area contributed by atoms with Crippen LogP contribution < -0.4 is 0 Å². The van der Waals surface area contributed by atoms with E-state index in [9.17, 15) is 0 Å². The summed E-state index contributed by atoms with van der Waals surface area (Å²) in [6, 6.07) is 11.8. The molecule has 0 spiro atoms. The molecule has 2 heteroatoms. The van der Waals surface area contributed by atoms with E-state index in [0.29, 0.717) is 0 Å². The Morgan fingerprint density at radius 2 is 1.40 bits per heavy atom. The fourth-order valence-electron chi connectivity index (χ4n) is 2.00. The fourth-order valence-corrected chi connectivity index (χ4v) is 2.00. The summed E-state index contributed by atoms with van der Waals surface area (Å²) >= 11 is 0. The second-order valence-corrected chi connectivity index (χ2v) is 5.02. The SMILES string of the molecule is CCCCCCCCC.c1ccc(-c2ccon2)cc1. The Bertz CT molecular complexity index is 402. The fraction of sp³-hybridized carbons (Fsp3) is 0.500. The summed E-state index contributed by atoms with van der Waals surface area (Å²) in [5.74, 6) is 0. The molecule has 0 saturated carbocycles. The first-order valence-corrected chi connectivity index (χ1v) is 7.84. The molecule has 0 saturated heterocycles. The molecule has 0 bridgehead atoms. The van der Waals surface area contributed by atoms with Gasteiger partial charge in [0.1, 0.15) is 12.0 Å². The van der Waals surface area contributed by atoms with Crippen LogP contribution in [-0.4, -0.2) is 5.16 Å². The van der Waals surface area contributed by atoms with Crippen molar-refractivity contribution in [3.63, 3.8) is 0 Å². The highest BCUT2D eigenvalue weighted by Crippen LogP contribution is 2.14. The smallest absolute Gasteiger partial charge is 0.124 e. The minimum absolute atomic E-state index is 0.880. The lowest BCUT2D eigenvalue weighted by Gasteiger charge is -1.96. The summed E-state index contributed by atoms with van der Waals surface area (Å²) in [7, 11) is 0. The first-order valence-electron chi connectivity index (χ1n) is 7.84. The molecule has 2 nitrogen and oxygen atoms in total. The first kappa shape index (κ1) is 16.5. The summed E-state index contributed by atoms with van der Waals surface area (Å²) in [5, 5.41) is 3.81. The third-order valence-electron chi connectivity index (χ3n) is 3.21. The number of benzene rings is 1. The normalized spacial score (nSPS) is 9.90. The van der Waals surface area contributed by atoms with Crippen molar-refractivity contribution in [2.75, 3.05) is 0 Å². The van der Waals surface area contributed by atoms with E-state index in [-0.39, 0.29) is 0 Å². The summed E-state index contributed by atoms with van der Waals surface area (Å²) in [6.07, 6.45) is 11.5. The van der Waals surface area contributed by atoms with Gasteiger partial charge in [0.25, 0.3) is 0 Å². The van der Waals surface area contributed by atoms with Crippen molar-refractivity contribution >= 4 is 0 Å². The van der Waals surface area contributed by atoms with Gasteiger partial charge in [0.2, 0.25) is 0 Å². The molecule has 1 aromatic heterocycles. The zero-order valence-corrected chi connectivity index (χ0v) is 12.8. The Balaban J connectivity index is 0.000000206. The van der Waals surface area contributed by atoms with Crippen LogP contribution in [0.15, 0.2) is 47.2 Å². The van der Waals surface area contributed by atoms with Gasteiger partial charge in [-0.2, -0.15) is 0 Å². The van der Waals surface area contributed by atoms with E-state index in [1.54, 1.807) is 6.26 Å². The van der Waals surface area contributed by atoms with Crippen LogP contribution in [0.5, 0.6) is 0 Å². The second-order valence-electron chi connectivity index (χ2n) is 5.02. The molecule has 110 valence electrons. The molecule has 0 aliphatic rings. The molecule has 2 rings (SSSR count). The van der Waals surface area contributed by atoms with E-state index >= 15 is 0 Å². The predicted molar refractivity (Wildman–Crippen MR) is 85.6 cm³/mol. The molecular formula is C18H27NO. The first-order chi connectivity index (χ1) is 9.88. The summed E-state index contributed by atoms with van der Waals surface area (Å²) in [6.45, 7) is 4.53. The zero-order chi connectivity index (χ0) is 14.5. The van der Waals surface area contributed by atoms with E-state index in [1.807, 2.05) is 36.4 Å². The lowest BCUT2D eigenvalue weighted by Crippen LogP contribution is -1.76. The summed E-state index contributed by atoms with van der Waals surface area (Å²) in [4.78, 5) is 0. The Hall–Kier alpha value is -1.57. The second kappa shape index (κ2) is 11.3. The number of aromatic nitrogens is 1. The molecule has 0 N–H and O–H groups in total. The number of rotatable bonds is 7. The van der Waals surface area contributed by atoms with Crippen LogP contribution in [-0.2, 0) is 0 Å². The molecule has 0 amide bonds. The van der Waals surface area contributed by atoms with Gasteiger partial charge in [-0.15, -0.1) is 0 Å². The lowest BCUT2D eigenvalue weighted by molar-refractivity contribution is 0.422. The average molecular weight is 273 g/mol. The largest absolute Gasteiger partial charge is 0.364 e. The van der Waals surface area contributed by atoms with Crippen LogP contribution in [0.25, 0.3) is 11.3 Å². The highest BCUT2D eigenvalue weighted by molar-refractivity contribution is 5.57. The molecule has 1 aromatic carbocycles. The van der Waals surface area contributed by atoms with Gasteiger partial charge in [-0.1, -0.05) is 94.3 Å². The van der Waals surface area contributed by atoms with Crippen LogP contribution in [0.1, 0.15) is 58.8 Å². The van der Waals surface area contributed by atoms with Gasteiger partial charge in [-0.25, -0.2) is 0 Å². The molecule has 0 atom stereocenters. The molecule has 20 heavy (non-hydrogen) atoms. The highest BCUT2D eigenvalue weighted by Gasteiger charge is 1.96. The van der Waals surface area contributed by atoms with E-state index in [1.165, 1.54) is 44.9 Å². The summed E-state index contributed by atoms with van der Waals surface area (Å²) in [5.41, 5.74) is 1.96. The minimum Gasteiger partial charge on any atom is -0.364 e. The van der Waals surface area contributed by atoms with Gasteiger partial charge in [-0.3, -0.25) is 0 Å². The Morgan fingerprint density at radius 3 is 1.90 bits per heavy atom. The molecule has 1 heterocycles. The molecule has 0 aliphatic carbocycles. The van der Waals surface area contributed by atoms with Crippen molar-refractivity contribution in [3.8, 4) is 11.3 Å². The van der Waals surface area contributed by atoms with Gasteiger partial charge >= 0.3 is 0 Å². The minimum atomic E-state index is 0.880. The van der Waals surface area contributed by atoms with Gasteiger partial charge < -0.3 is 4.52 Å². The third kappa shape index (κ3) is 7.13. The maximum Gasteiger partial charge on any atom is 0.124 e. The van der Waals surface area contributed by atoms with E-state index in [2.05, 4.69) is 19.0 Å². The number of hydrogen-bond donors (Lipinski definition) is 0. The molecule has 0 aliphatic heterocycles. The van der Waals surface area contributed by atoms with Gasteiger partial charge in [0, 0.05) is 11.6 Å². The van der Waals surface area contributed by atoms with Crippen molar-refractivity contribution in [2.45, 2.75) is 58.8 Å². The van der Waals surface area contributed by atoms with Gasteiger partial charge in [-0.05, 0) is 0 Å². The van der Waals surface area contributed by atoms with Crippen LogP contribution in [0.2, 0.25) is 0 Å². The Morgan fingerprint density at radius 1 is 0.800 bits per heavy atom. The maximum atomic E-state index is 4.72. The van der Waals surface area contributed by atoms with Crippen molar-refractivity contribution in [3.05, 3.63) is 42.7 Å². The van der Waals surface area contributed by atoms with E-state index in [4.69, 9.17) is 4.52 Å². The number of nitrogens with zero attached hydrogens (tertiary/aromatic N) is 1. The predicted octanol–water partition coefficient (Wildman–Crippen LogP) is 6.10. The Kier molecular flexibility index (Phi) is 9.29. The molecule has 0 radical (unpaired) electrons. The van der Waals surface area contributed by atoms with E-state index in [0.717, 1.165) is 11.3 Å². The average Bonchev–Trinajstić information content (AvgIpc) is 3.03. The standard InChI is InChI=1S/C9H7NO.C9H20/c1-2-4-8(5-3-1)9-6-7-11-10-9;1-3-5-7-9-8-6-4-2/h1-7H;3-9H2,1-2H3. The number of hydrogen-bond acceptors (Lipinski definition) is 2. The topological polar surface area (TPSA) is 26.0 Å². The maximum absolute atomic E-state index is 4.72. The van der Waals surface area contributed by atoms with Gasteiger partial charge in [0.05, 0.1) is 0 Å². The van der Waals surface area contributed by atoms with Crippen molar-refractivity contribution in [2.24, 2.45) is 0 Å². The van der Waals surface area contributed by atoms with Crippen molar-refractivity contribution in [1.29, 1.82) is 0 Å². The quantitative estimate of drug-likeness (QED) is 0.570. The third-order valence-corrected chi connectivity index (χ3v) is 3.21. The zero-order valence-electron chi connectivity index (χ0n) is 12.8. The molecule has 2 aromatic rings. The van der Waals surface area contributed by atoms with Crippen LogP contribution in [0.4, 0.5) is 0 Å². The lowest BCUT2D eigenvalue weighted by atomic mass is 10.1. The molecule has 0 unspecified atom stereocenters. The molecule has 0 fully saturated rings.